The lowest BCUT2D eigenvalue weighted by molar-refractivity contribution is 0.670. The van der Waals surface area contributed by atoms with E-state index in [1.165, 1.54) is 55.6 Å². The van der Waals surface area contributed by atoms with Crippen LogP contribution in [0.15, 0.2) is 217 Å². The van der Waals surface area contributed by atoms with E-state index in [2.05, 4.69) is 205 Å². The molecule has 0 saturated carbocycles. The third-order valence-electron chi connectivity index (χ3n) is 12.3. The van der Waals surface area contributed by atoms with Gasteiger partial charge in [-0.3, -0.25) is 0 Å². The maximum absolute atomic E-state index is 6.45. The molecule has 2 aliphatic rings. The number of anilines is 3. The molecule has 0 fully saturated rings. The van der Waals surface area contributed by atoms with E-state index < -0.39 is 0 Å². The van der Waals surface area contributed by atoms with Gasteiger partial charge in [0.1, 0.15) is 11.2 Å². The van der Waals surface area contributed by atoms with Gasteiger partial charge in [0.05, 0.1) is 5.41 Å². The first-order valence-electron chi connectivity index (χ1n) is 19.7. The Bertz CT molecular complexity index is 3130. The molecule has 2 aliphatic carbocycles. The molecule has 0 atom stereocenters. The van der Waals surface area contributed by atoms with Crippen molar-refractivity contribution in [3.8, 4) is 44.5 Å². The van der Waals surface area contributed by atoms with Gasteiger partial charge in [-0.25, -0.2) is 0 Å². The summed E-state index contributed by atoms with van der Waals surface area (Å²) < 4.78 is 6.45. The Balaban J connectivity index is 1.03. The van der Waals surface area contributed by atoms with Crippen LogP contribution < -0.4 is 4.90 Å². The fourth-order valence-electron chi connectivity index (χ4n) is 9.87. The van der Waals surface area contributed by atoms with Crippen molar-refractivity contribution in [2.75, 3.05) is 4.90 Å². The fourth-order valence-corrected chi connectivity index (χ4v) is 9.87. The lowest BCUT2D eigenvalue weighted by atomic mass is 9.70. The Hall–Kier alpha value is -7.42. The molecular formula is C55H35NO. The molecule has 0 unspecified atom stereocenters. The summed E-state index contributed by atoms with van der Waals surface area (Å²) in [6, 6.07) is 77.4. The van der Waals surface area contributed by atoms with Gasteiger partial charge in [-0.2, -0.15) is 0 Å². The zero-order valence-corrected chi connectivity index (χ0v) is 31.1. The van der Waals surface area contributed by atoms with Crippen LogP contribution in [-0.2, 0) is 5.41 Å². The highest BCUT2D eigenvalue weighted by Crippen LogP contribution is 2.63. The van der Waals surface area contributed by atoms with Gasteiger partial charge in [-0.1, -0.05) is 170 Å². The average Bonchev–Trinajstić information content (AvgIpc) is 3.92. The summed E-state index contributed by atoms with van der Waals surface area (Å²) in [6.07, 6.45) is 0. The standard InChI is InChI=1S/C55H35NO/c1-2-13-36(14-3-1)37-25-29-39(30-26-37)56(40-31-27-38(28-32-40)42-19-12-20-47-46-18-7-11-24-53(46)57-54(42)47)41-33-34-52-48(35-41)45-17-6-10-23-51(45)55(52)49-21-8-4-15-43(49)44-16-5-9-22-50(44)55/h1-35H. The van der Waals surface area contributed by atoms with E-state index in [0.717, 1.165) is 50.1 Å². The van der Waals surface area contributed by atoms with Crippen LogP contribution in [0.25, 0.3) is 66.4 Å². The molecule has 2 nitrogen and oxygen atoms in total. The van der Waals surface area contributed by atoms with E-state index in [4.69, 9.17) is 4.42 Å². The lowest BCUT2D eigenvalue weighted by Crippen LogP contribution is -2.25. The summed E-state index contributed by atoms with van der Waals surface area (Å²) in [5.74, 6) is 0. The van der Waals surface area contributed by atoms with Crippen LogP contribution in [0.5, 0.6) is 0 Å². The summed E-state index contributed by atoms with van der Waals surface area (Å²) >= 11 is 0. The van der Waals surface area contributed by atoms with E-state index in [0.29, 0.717) is 0 Å². The van der Waals surface area contributed by atoms with E-state index in [9.17, 15) is 0 Å². The minimum Gasteiger partial charge on any atom is -0.455 e. The van der Waals surface area contributed by atoms with Gasteiger partial charge in [-0.15, -0.1) is 0 Å². The van der Waals surface area contributed by atoms with Gasteiger partial charge in [0.25, 0.3) is 0 Å². The number of fused-ring (bicyclic) bond motifs is 13. The van der Waals surface area contributed by atoms with Crippen LogP contribution in [-0.4, -0.2) is 0 Å². The smallest absolute Gasteiger partial charge is 0.143 e. The number of hydrogen-bond acceptors (Lipinski definition) is 2. The molecule has 0 bridgehead atoms. The Morgan fingerprint density at radius 3 is 1.46 bits per heavy atom. The molecule has 0 N–H and O–H groups in total. The average molecular weight is 726 g/mol. The summed E-state index contributed by atoms with van der Waals surface area (Å²) in [5.41, 5.74) is 19.9. The second kappa shape index (κ2) is 12.3. The molecule has 2 heteroatoms. The Morgan fingerprint density at radius 2 is 0.789 bits per heavy atom. The highest BCUT2D eigenvalue weighted by Gasteiger charge is 2.51. The van der Waals surface area contributed by atoms with Crippen molar-refractivity contribution in [2.45, 2.75) is 5.41 Å². The minimum absolute atomic E-state index is 0.376. The predicted molar refractivity (Wildman–Crippen MR) is 236 cm³/mol. The van der Waals surface area contributed by atoms with E-state index in [-0.39, 0.29) is 5.41 Å². The van der Waals surface area contributed by atoms with E-state index >= 15 is 0 Å². The molecule has 0 saturated heterocycles. The molecule has 1 heterocycles. The van der Waals surface area contributed by atoms with Crippen LogP contribution >= 0.6 is 0 Å². The summed E-state index contributed by atoms with van der Waals surface area (Å²) in [5, 5.41) is 2.27. The number of hydrogen-bond donors (Lipinski definition) is 0. The fraction of sp³-hybridized carbons (Fsp3) is 0.0182. The highest BCUT2D eigenvalue weighted by molar-refractivity contribution is 6.09. The molecule has 0 amide bonds. The van der Waals surface area contributed by atoms with Gasteiger partial charge in [0, 0.05) is 33.4 Å². The molecule has 0 aliphatic heterocycles. The van der Waals surface area contributed by atoms with Crippen molar-refractivity contribution in [2.24, 2.45) is 0 Å². The van der Waals surface area contributed by atoms with E-state index in [1.807, 2.05) is 12.1 Å². The number of nitrogens with zero attached hydrogens (tertiary/aromatic N) is 1. The van der Waals surface area contributed by atoms with Gasteiger partial charge < -0.3 is 9.32 Å². The van der Waals surface area contributed by atoms with Crippen molar-refractivity contribution in [3.63, 3.8) is 0 Å². The lowest BCUT2D eigenvalue weighted by Gasteiger charge is -2.31. The molecule has 10 aromatic rings. The quantitative estimate of drug-likeness (QED) is 0.176. The largest absolute Gasteiger partial charge is 0.455 e. The number of para-hydroxylation sites is 2. The maximum atomic E-state index is 6.45. The van der Waals surface area contributed by atoms with Gasteiger partial charge in [0.15, 0.2) is 0 Å². The predicted octanol–water partition coefficient (Wildman–Crippen LogP) is 14.7. The normalized spacial score (nSPS) is 13.1. The van der Waals surface area contributed by atoms with Gasteiger partial charge >= 0.3 is 0 Å². The number of rotatable bonds is 5. The van der Waals surface area contributed by atoms with E-state index in [1.54, 1.807) is 0 Å². The zero-order chi connectivity index (χ0) is 37.5. The van der Waals surface area contributed by atoms with Crippen LogP contribution in [0.3, 0.4) is 0 Å². The zero-order valence-electron chi connectivity index (χ0n) is 31.1. The molecule has 57 heavy (non-hydrogen) atoms. The third-order valence-corrected chi connectivity index (χ3v) is 12.3. The molecular weight excluding hydrogens is 691 g/mol. The minimum atomic E-state index is -0.376. The van der Waals surface area contributed by atoms with Crippen LogP contribution in [0, 0.1) is 0 Å². The number of benzene rings is 9. The van der Waals surface area contributed by atoms with Crippen molar-refractivity contribution >= 4 is 39.0 Å². The SMILES string of the molecule is c1ccc(-c2ccc(N(c3ccc(-c4cccc5c4oc4ccccc45)cc3)c3ccc4c(c3)-c3ccccc3C43c4ccccc4-c4ccccc43)cc2)cc1. The van der Waals surface area contributed by atoms with Crippen LogP contribution in [0.2, 0.25) is 0 Å². The van der Waals surface area contributed by atoms with Crippen molar-refractivity contribution in [3.05, 3.63) is 235 Å². The monoisotopic (exact) mass is 725 g/mol. The highest BCUT2D eigenvalue weighted by atomic mass is 16.3. The molecule has 0 radical (unpaired) electrons. The number of furan rings is 1. The van der Waals surface area contributed by atoms with Gasteiger partial charge in [-0.05, 0) is 104 Å². The van der Waals surface area contributed by atoms with Crippen LogP contribution in [0.4, 0.5) is 17.1 Å². The van der Waals surface area contributed by atoms with Crippen molar-refractivity contribution < 1.29 is 4.42 Å². The topological polar surface area (TPSA) is 16.4 Å². The van der Waals surface area contributed by atoms with Crippen molar-refractivity contribution in [1.29, 1.82) is 0 Å². The van der Waals surface area contributed by atoms with Crippen LogP contribution in [0.1, 0.15) is 22.3 Å². The van der Waals surface area contributed by atoms with Crippen molar-refractivity contribution in [1.82, 2.24) is 0 Å². The molecule has 12 rings (SSSR count). The molecule has 9 aromatic carbocycles. The first kappa shape index (κ1) is 31.9. The maximum Gasteiger partial charge on any atom is 0.143 e. The third kappa shape index (κ3) is 4.59. The summed E-state index contributed by atoms with van der Waals surface area (Å²) in [7, 11) is 0. The molecule has 266 valence electrons. The molecule has 1 aromatic heterocycles. The first-order chi connectivity index (χ1) is 28.3. The van der Waals surface area contributed by atoms with Gasteiger partial charge in [0.2, 0.25) is 0 Å². The summed E-state index contributed by atoms with van der Waals surface area (Å²) in [6.45, 7) is 0. The Morgan fingerprint density at radius 1 is 0.316 bits per heavy atom. The molecule has 1 spiro atoms. The second-order valence-corrected chi connectivity index (χ2v) is 15.2. The Labute approximate surface area is 331 Å². The Kier molecular flexibility index (Phi) is 6.88. The second-order valence-electron chi connectivity index (χ2n) is 15.2. The first-order valence-corrected chi connectivity index (χ1v) is 19.7. The summed E-state index contributed by atoms with van der Waals surface area (Å²) in [4.78, 5) is 2.39.